The molecule has 0 spiro atoms. The number of fused-ring (bicyclic) bond motifs is 1. The fraction of sp³-hybridized carbons (Fsp3) is 0.286. The Morgan fingerprint density at radius 2 is 1.77 bits per heavy atom. The predicted octanol–water partition coefficient (Wildman–Crippen LogP) is 3.93. The Bertz CT molecular complexity index is 1320. The monoisotopic (exact) mass is 551 g/mol. The van der Waals surface area contributed by atoms with Crippen LogP contribution >= 0.6 is 11.8 Å². The number of methoxy groups -OCH3 is 1. The number of thioether (sulfide) groups is 1. The fourth-order valence-corrected chi connectivity index (χ4v) is 5.53. The minimum atomic E-state index is -1.19. The normalized spacial score (nSPS) is 16.9. The van der Waals surface area contributed by atoms with Gasteiger partial charge in [0.15, 0.2) is 6.10 Å². The predicted molar refractivity (Wildman–Crippen MR) is 147 cm³/mol. The van der Waals surface area contributed by atoms with Gasteiger partial charge in [0.2, 0.25) is 0 Å². The van der Waals surface area contributed by atoms with E-state index in [0.29, 0.717) is 31.1 Å². The second kappa shape index (κ2) is 12.7. The van der Waals surface area contributed by atoms with Crippen molar-refractivity contribution >= 4 is 35.0 Å². The highest BCUT2D eigenvalue weighted by Crippen LogP contribution is 2.47. The molecule has 204 valence electrons. The van der Waals surface area contributed by atoms with Gasteiger partial charge >= 0.3 is 5.97 Å². The SMILES string of the molecule is COc1ccc([C@@H]2Sc3ccccc3N(CCN(C)CCO)C(=O)[C@@H]2OC(=O)c2ccc([N+](=O)[O-])cc2)cc1. The van der Waals surface area contributed by atoms with E-state index in [2.05, 4.69) is 0 Å². The summed E-state index contributed by atoms with van der Waals surface area (Å²) in [6.45, 7) is 1.24. The molecule has 0 aliphatic carbocycles. The fourth-order valence-electron chi connectivity index (χ4n) is 4.22. The topological polar surface area (TPSA) is 122 Å². The molecule has 0 saturated carbocycles. The summed E-state index contributed by atoms with van der Waals surface area (Å²) in [4.78, 5) is 42.2. The van der Waals surface area contributed by atoms with Crippen molar-refractivity contribution in [1.82, 2.24) is 4.90 Å². The number of hydrogen-bond donors (Lipinski definition) is 1. The molecular formula is C28H29N3O7S. The first kappa shape index (κ1) is 28.1. The summed E-state index contributed by atoms with van der Waals surface area (Å²) in [5.41, 5.74) is 1.42. The first-order chi connectivity index (χ1) is 18.8. The highest BCUT2D eigenvalue weighted by molar-refractivity contribution is 7.99. The Morgan fingerprint density at radius 3 is 2.41 bits per heavy atom. The minimum Gasteiger partial charge on any atom is -0.497 e. The molecule has 0 aromatic heterocycles. The third-order valence-electron chi connectivity index (χ3n) is 6.37. The minimum absolute atomic E-state index is 0.00803. The average molecular weight is 552 g/mol. The van der Waals surface area contributed by atoms with Crippen LogP contribution in [0.1, 0.15) is 21.2 Å². The van der Waals surface area contributed by atoms with Gasteiger partial charge in [-0.2, -0.15) is 0 Å². The molecule has 0 saturated heterocycles. The van der Waals surface area contributed by atoms with E-state index in [4.69, 9.17) is 9.47 Å². The lowest BCUT2D eigenvalue weighted by Crippen LogP contribution is -2.45. The van der Waals surface area contributed by atoms with Crippen LogP contribution in [0.15, 0.2) is 77.7 Å². The number of rotatable bonds is 10. The van der Waals surface area contributed by atoms with Crippen LogP contribution in [-0.2, 0) is 9.53 Å². The number of benzene rings is 3. The highest BCUT2D eigenvalue weighted by Gasteiger charge is 2.41. The van der Waals surface area contributed by atoms with Crippen LogP contribution in [0, 0.1) is 10.1 Å². The number of likely N-dealkylation sites (N-methyl/N-ethyl adjacent to an activating group) is 1. The van der Waals surface area contributed by atoms with Crippen LogP contribution in [0.25, 0.3) is 0 Å². The molecular weight excluding hydrogens is 522 g/mol. The molecule has 10 nitrogen and oxygen atoms in total. The van der Waals surface area contributed by atoms with Gasteiger partial charge in [0.25, 0.3) is 11.6 Å². The van der Waals surface area contributed by atoms with Gasteiger partial charge in [0.05, 0.1) is 35.1 Å². The zero-order valence-corrected chi connectivity index (χ0v) is 22.4. The van der Waals surface area contributed by atoms with Crippen molar-refractivity contribution in [1.29, 1.82) is 0 Å². The van der Waals surface area contributed by atoms with Gasteiger partial charge in [-0.25, -0.2) is 4.79 Å². The van der Waals surface area contributed by atoms with E-state index < -0.39 is 22.2 Å². The van der Waals surface area contributed by atoms with Gasteiger partial charge in [-0.3, -0.25) is 14.9 Å². The van der Waals surface area contributed by atoms with Gasteiger partial charge in [-0.05, 0) is 49.0 Å². The smallest absolute Gasteiger partial charge is 0.338 e. The first-order valence-corrected chi connectivity index (χ1v) is 13.2. The first-order valence-electron chi connectivity index (χ1n) is 12.3. The summed E-state index contributed by atoms with van der Waals surface area (Å²) < 4.78 is 11.2. The molecule has 0 fully saturated rings. The van der Waals surface area contributed by atoms with Crippen LogP contribution in [0.5, 0.6) is 5.75 Å². The number of amides is 1. The number of aliphatic hydroxyl groups excluding tert-OH is 1. The Kier molecular flexibility index (Phi) is 9.18. The largest absolute Gasteiger partial charge is 0.497 e. The third kappa shape index (κ3) is 6.56. The van der Waals surface area contributed by atoms with E-state index in [1.54, 1.807) is 24.1 Å². The number of para-hydroxylation sites is 1. The molecule has 0 bridgehead atoms. The maximum absolute atomic E-state index is 14.1. The lowest BCUT2D eigenvalue weighted by atomic mass is 10.1. The number of non-ortho nitro benzene ring substituents is 1. The van der Waals surface area contributed by atoms with Gasteiger partial charge in [0, 0.05) is 36.7 Å². The summed E-state index contributed by atoms with van der Waals surface area (Å²) >= 11 is 1.42. The maximum atomic E-state index is 14.1. The number of carbonyl (C=O) groups excluding carboxylic acids is 2. The molecule has 1 amide bonds. The lowest BCUT2D eigenvalue weighted by molar-refractivity contribution is -0.384. The van der Waals surface area contributed by atoms with Crippen molar-refractivity contribution in [3.8, 4) is 5.75 Å². The van der Waals surface area contributed by atoms with E-state index in [0.717, 1.165) is 10.5 Å². The Hall–Kier alpha value is -3.93. The van der Waals surface area contributed by atoms with Gasteiger partial charge < -0.3 is 24.4 Å². The Morgan fingerprint density at radius 1 is 1.08 bits per heavy atom. The molecule has 11 heteroatoms. The summed E-state index contributed by atoms with van der Waals surface area (Å²) in [6.07, 6.45) is -1.19. The summed E-state index contributed by atoms with van der Waals surface area (Å²) in [5.74, 6) is -0.497. The van der Waals surface area contributed by atoms with Crippen LogP contribution in [0.3, 0.4) is 0 Å². The Labute approximate surface area is 230 Å². The maximum Gasteiger partial charge on any atom is 0.338 e. The number of nitro benzene ring substituents is 1. The average Bonchev–Trinajstić information content (AvgIpc) is 3.06. The molecule has 4 rings (SSSR count). The number of nitrogens with zero attached hydrogens (tertiary/aromatic N) is 3. The van der Waals surface area contributed by atoms with Crippen molar-refractivity contribution in [3.05, 3.63) is 94.0 Å². The summed E-state index contributed by atoms with van der Waals surface area (Å²) in [7, 11) is 3.42. The van der Waals surface area contributed by atoms with Crippen molar-refractivity contribution in [3.63, 3.8) is 0 Å². The van der Waals surface area contributed by atoms with Crippen LogP contribution in [0.4, 0.5) is 11.4 Å². The van der Waals surface area contributed by atoms with Crippen molar-refractivity contribution in [2.24, 2.45) is 0 Å². The number of ether oxygens (including phenoxy) is 2. The summed E-state index contributed by atoms with van der Waals surface area (Å²) in [5, 5.41) is 19.7. The number of nitro groups is 1. The van der Waals surface area contributed by atoms with Crippen molar-refractivity contribution in [2.75, 3.05) is 45.3 Å². The van der Waals surface area contributed by atoms with E-state index >= 15 is 0 Å². The standard InChI is InChI=1S/C28H29N3O7S/c1-29(17-18-32)15-16-30-23-5-3-4-6-24(23)39-26(19-9-13-22(37-2)14-10-19)25(27(30)33)38-28(34)20-7-11-21(12-8-20)31(35)36/h3-14,25-26,32H,15-18H2,1-2H3/t25-,26+/m1/s1. The summed E-state index contributed by atoms with van der Waals surface area (Å²) in [6, 6.07) is 19.8. The van der Waals surface area contributed by atoms with Gasteiger partial charge in [0.1, 0.15) is 5.75 Å². The quantitative estimate of drug-likeness (QED) is 0.227. The molecule has 0 unspecified atom stereocenters. The zero-order valence-electron chi connectivity index (χ0n) is 21.6. The van der Waals surface area contributed by atoms with Gasteiger partial charge in [-0.1, -0.05) is 24.3 Å². The van der Waals surface area contributed by atoms with E-state index in [9.17, 15) is 24.8 Å². The van der Waals surface area contributed by atoms with Gasteiger partial charge in [-0.15, -0.1) is 11.8 Å². The number of hydrogen-bond acceptors (Lipinski definition) is 9. The highest BCUT2D eigenvalue weighted by atomic mass is 32.2. The molecule has 3 aromatic carbocycles. The van der Waals surface area contributed by atoms with Crippen LogP contribution < -0.4 is 9.64 Å². The number of carbonyl (C=O) groups is 2. The zero-order chi connectivity index (χ0) is 27.9. The molecule has 1 N–H and O–H groups in total. The van der Waals surface area contributed by atoms with E-state index in [1.165, 1.54) is 36.0 Å². The second-order valence-electron chi connectivity index (χ2n) is 8.93. The number of aliphatic hydroxyl groups is 1. The van der Waals surface area contributed by atoms with Crippen molar-refractivity contribution < 1.29 is 29.1 Å². The molecule has 1 aliphatic rings. The number of esters is 1. The molecule has 0 radical (unpaired) electrons. The molecule has 3 aromatic rings. The molecule has 2 atom stereocenters. The van der Waals surface area contributed by atoms with Crippen molar-refractivity contribution in [2.45, 2.75) is 16.2 Å². The van der Waals surface area contributed by atoms with E-state index in [-0.39, 0.29) is 23.8 Å². The second-order valence-corrected chi connectivity index (χ2v) is 10.1. The van der Waals surface area contributed by atoms with Crippen LogP contribution in [0.2, 0.25) is 0 Å². The van der Waals surface area contributed by atoms with E-state index in [1.807, 2.05) is 48.3 Å². The molecule has 39 heavy (non-hydrogen) atoms. The Balaban J connectivity index is 1.72. The number of anilines is 1. The molecule has 1 aliphatic heterocycles. The molecule has 1 heterocycles. The third-order valence-corrected chi connectivity index (χ3v) is 7.75. The lowest BCUT2D eigenvalue weighted by Gasteiger charge is -2.29. The van der Waals surface area contributed by atoms with Crippen LogP contribution in [-0.4, -0.2) is 73.3 Å².